The molecule has 30 heavy (non-hydrogen) atoms. The summed E-state index contributed by atoms with van der Waals surface area (Å²) >= 11 is 5.88. The van der Waals surface area contributed by atoms with Crippen LogP contribution in [0.15, 0.2) is 30.3 Å². The number of carbonyl (C=O) groups excluding carboxylic acids is 1. The molecule has 0 spiro atoms. The Balaban J connectivity index is 1.67. The van der Waals surface area contributed by atoms with Gasteiger partial charge in [-0.3, -0.25) is 4.79 Å². The third-order valence-corrected chi connectivity index (χ3v) is 6.24. The maximum Gasteiger partial charge on any atom is 0.416 e. The number of fused-ring (bicyclic) bond motifs is 1. The summed E-state index contributed by atoms with van der Waals surface area (Å²) in [7, 11) is 1.72. The molecular weight excluding hydrogens is 422 g/mol. The highest BCUT2D eigenvalue weighted by atomic mass is 35.5. The lowest BCUT2D eigenvalue weighted by Crippen LogP contribution is -2.28. The highest BCUT2D eigenvalue weighted by Gasteiger charge is 2.41. The van der Waals surface area contributed by atoms with Crippen molar-refractivity contribution in [3.05, 3.63) is 52.3 Å². The molecular formula is C22H20ClF4NO2. The van der Waals surface area contributed by atoms with Crippen LogP contribution in [0.3, 0.4) is 0 Å². The molecule has 1 saturated carbocycles. The lowest BCUT2D eigenvalue weighted by molar-refractivity contribution is -0.137. The van der Waals surface area contributed by atoms with Gasteiger partial charge in [-0.1, -0.05) is 30.9 Å². The highest BCUT2D eigenvalue weighted by molar-refractivity contribution is 6.32. The van der Waals surface area contributed by atoms with E-state index in [0.29, 0.717) is 12.1 Å². The SMILES string of the molecule is CN1C(=O)C(C2CCCCC2)c2cc(Oc3c(F)cc(C(F)(F)F)cc3Cl)ccc21. The van der Waals surface area contributed by atoms with Crippen molar-refractivity contribution in [1.82, 2.24) is 0 Å². The number of hydrogen-bond donors (Lipinski definition) is 0. The van der Waals surface area contributed by atoms with Gasteiger partial charge in [0, 0.05) is 12.7 Å². The molecule has 0 bridgehead atoms. The van der Waals surface area contributed by atoms with E-state index in [1.807, 2.05) is 0 Å². The van der Waals surface area contributed by atoms with Crippen molar-refractivity contribution < 1.29 is 27.1 Å². The maximum atomic E-state index is 14.3. The fraction of sp³-hybridized carbons (Fsp3) is 0.409. The number of benzene rings is 2. The van der Waals surface area contributed by atoms with E-state index in [2.05, 4.69) is 0 Å². The van der Waals surface area contributed by atoms with E-state index in [4.69, 9.17) is 16.3 Å². The zero-order valence-corrected chi connectivity index (χ0v) is 17.0. The third kappa shape index (κ3) is 3.75. The lowest BCUT2D eigenvalue weighted by atomic mass is 9.77. The van der Waals surface area contributed by atoms with Crippen LogP contribution in [-0.4, -0.2) is 13.0 Å². The van der Waals surface area contributed by atoms with Gasteiger partial charge in [-0.15, -0.1) is 0 Å². The van der Waals surface area contributed by atoms with E-state index in [1.54, 1.807) is 30.1 Å². The number of carbonyl (C=O) groups is 1. The summed E-state index contributed by atoms with van der Waals surface area (Å²) in [5.74, 6) is -1.49. The first-order valence-corrected chi connectivity index (χ1v) is 10.2. The van der Waals surface area contributed by atoms with Gasteiger partial charge < -0.3 is 9.64 Å². The van der Waals surface area contributed by atoms with Crippen molar-refractivity contribution in [3.63, 3.8) is 0 Å². The quantitative estimate of drug-likeness (QED) is 0.483. The molecule has 160 valence electrons. The van der Waals surface area contributed by atoms with Crippen LogP contribution in [0.1, 0.15) is 49.1 Å². The molecule has 2 aromatic carbocycles. The van der Waals surface area contributed by atoms with Crippen molar-refractivity contribution in [2.45, 2.75) is 44.2 Å². The fourth-order valence-corrected chi connectivity index (χ4v) is 4.72. The second-order valence-corrected chi connectivity index (χ2v) is 8.27. The molecule has 0 radical (unpaired) electrons. The number of alkyl halides is 3. The number of ether oxygens (including phenoxy) is 1. The van der Waals surface area contributed by atoms with Crippen LogP contribution >= 0.6 is 11.6 Å². The summed E-state index contributed by atoms with van der Waals surface area (Å²) in [5, 5.41) is -0.472. The summed E-state index contributed by atoms with van der Waals surface area (Å²) in [4.78, 5) is 14.5. The predicted octanol–water partition coefficient (Wildman–Crippen LogP) is 6.93. The minimum atomic E-state index is -4.71. The Kier molecular flexibility index (Phi) is 5.43. The van der Waals surface area contributed by atoms with Gasteiger partial charge in [0.25, 0.3) is 0 Å². The minimum absolute atomic E-state index is 0.0211. The van der Waals surface area contributed by atoms with Crippen LogP contribution in [0, 0.1) is 11.7 Å². The number of likely N-dealkylation sites (N-methyl/N-ethyl adjacent to an activating group) is 1. The zero-order chi connectivity index (χ0) is 21.6. The lowest BCUT2D eigenvalue weighted by Gasteiger charge is -2.26. The second kappa shape index (κ2) is 7.76. The molecule has 1 heterocycles. The molecule has 1 aliphatic heterocycles. The Morgan fingerprint density at radius 1 is 1.10 bits per heavy atom. The average molecular weight is 442 g/mol. The normalized spacial score (nSPS) is 19.9. The smallest absolute Gasteiger partial charge is 0.416 e. The Hall–Kier alpha value is -2.28. The van der Waals surface area contributed by atoms with Gasteiger partial charge in [0.15, 0.2) is 11.6 Å². The van der Waals surface area contributed by atoms with Gasteiger partial charge in [-0.2, -0.15) is 13.2 Å². The number of amides is 1. The molecule has 1 aliphatic carbocycles. The largest absolute Gasteiger partial charge is 0.453 e. The molecule has 0 N–H and O–H groups in total. The number of nitrogens with zero attached hydrogens (tertiary/aromatic N) is 1. The molecule has 0 aromatic heterocycles. The Bertz CT molecular complexity index is 963. The molecule has 1 atom stereocenters. The van der Waals surface area contributed by atoms with Crippen LogP contribution in [0.5, 0.6) is 11.5 Å². The molecule has 1 fully saturated rings. The van der Waals surface area contributed by atoms with Crippen molar-refractivity contribution in [2.75, 3.05) is 11.9 Å². The van der Waals surface area contributed by atoms with Crippen molar-refractivity contribution in [1.29, 1.82) is 0 Å². The zero-order valence-electron chi connectivity index (χ0n) is 16.2. The second-order valence-electron chi connectivity index (χ2n) is 7.86. The number of anilines is 1. The maximum absolute atomic E-state index is 14.3. The first-order chi connectivity index (χ1) is 14.2. The molecule has 4 rings (SSSR count). The summed E-state index contributed by atoms with van der Waals surface area (Å²) in [6.07, 6.45) is 0.540. The summed E-state index contributed by atoms with van der Waals surface area (Å²) in [6.45, 7) is 0. The van der Waals surface area contributed by atoms with E-state index in [1.165, 1.54) is 0 Å². The highest BCUT2D eigenvalue weighted by Crippen LogP contribution is 2.47. The average Bonchev–Trinajstić information content (AvgIpc) is 2.94. The topological polar surface area (TPSA) is 29.5 Å². The molecule has 1 amide bonds. The molecule has 8 heteroatoms. The van der Waals surface area contributed by atoms with E-state index in [0.717, 1.165) is 43.4 Å². The standard InChI is InChI=1S/C22H20ClF4NO2/c1-28-18-8-7-14(11-15(18)19(21(28)29)12-5-3-2-4-6-12)30-20-16(23)9-13(10-17(20)24)22(25,26)27/h7-12,19H,2-6H2,1H3. The van der Waals surface area contributed by atoms with E-state index in [-0.39, 0.29) is 23.5 Å². The van der Waals surface area contributed by atoms with Gasteiger partial charge in [-0.25, -0.2) is 4.39 Å². The van der Waals surface area contributed by atoms with Crippen LogP contribution in [0.25, 0.3) is 0 Å². The number of hydrogen-bond acceptors (Lipinski definition) is 2. The van der Waals surface area contributed by atoms with Gasteiger partial charge >= 0.3 is 6.18 Å². The van der Waals surface area contributed by atoms with Gasteiger partial charge in [0.1, 0.15) is 5.75 Å². The summed E-state index contributed by atoms with van der Waals surface area (Å²) < 4.78 is 58.4. The summed E-state index contributed by atoms with van der Waals surface area (Å²) in [5.41, 5.74) is 0.383. The van der Waals surface area contributed by atoms with Crippen molar-refractivity contribution in [3.8, 4) is 11.5 Å². The monoisotopic (exact) mass is 441 g/mol. The fourth-order valence-electron chi connectivity index (χ4n) is 4.47. The Labute approximate surface area is 176 Å². The van der Waals surface area contributed by atoms with Gasteiger partial charge in [0.05, 0.1) is 16.5 Å². The molecule has 0 saturated heterocycles. The number of halogens is 5. The third-order valence-electron chi connectivity index (χ3n) is 5.96. The Morgan fingerprint density at radius 3 is 2.43 bits per heavy atom. The first kappa shape index (κ1) is 21.0. The van der Waals surface area contributed by atoms with Gasteiger partial charge in [0.2, 0.25) is 5.91 Å². The van der Waals surface area contributed by atoms with Crippen LogP contribution < -0.4 is 9.64 Å². The van der Waals surface area contributed by atoms with Crippen LogP contribution in [-0.2, 0) is 11.0 Å². The van der Waals surface area contributed by atoms with E-state index in [9.17, 15) is 22.4 Å². The number of rotatable bonds is 3. The van der Waals surface area contributed by atoms with Crippen LogP contribution in [0.2, 0.25) is 5.02 Å². The van der Waals surface area contributed by atoms with Crippen molar-refractivity contribution in [2.24, 2.45) is 5.92 Å². The van der Waals surface area contributed by atoms with Crippen LogP contribution in [0.4, 0.5) is 23.2 Å². The molecule has 2 aromatic rings. The van der Waals surface area contributed by atoms with E-state index >= 15 is 0 Å². The van der Waals surface area contributed by atoms with Crippen molar-refractivity contribution >= 4 is 23.2 Å². The van der Waals surface area contributed by atoms with Gasteiger partial charge in [-0.05, 0) is 54.7 Å². The Morgan fingerprint density at radius 2 is 1.80 bits per heavy atom. The van der Waals surface area contributed by atoms with E-state index < -0.39 is 28.3 Å². The molecule has 3 nitrogen and oxygen atoms in total. The summed E-state index contributed by atoms with van der Waals surface area (Å²) in [6, 6.07) is 5.93. The first-order valence-electron chi connectivity index (χ1n) is 9.82. The molecule has 1 unspecified atom stereocenters. The molecule has 2 aliphatic rings. The predicted molar refractivity (Wildman–Crippen MR) is 106 cm³/mol. The minimum Gasteiger partial charge on any atom is -0.453 e.